The van der Waals surface area contributed by atoms with Gasteiger partial charge in [-0.05, 0) is 58.4 Å². The number of dihydropyridines is 1. The van der Waals surface area contributed by atoms with Crippen LogP contribution in [-0.2, 0) is 9.59 Å². The second kappa shape index (κ2) is 12.0. The highest BCUT2D eigenvalue weighted by Crippen LogP contribution is 2.36. The number of carbonyl (C=O) groups is 2. The van der Waals surface area contributed by atoms with Gasteiger partial charge in [0, 0.05) is 49.1 Å². The average molecular weight is 542 g/mol. The average Bonchev–Trinajstić information content (AvgIpc) is 3.07. The van der Waals surface area contributed by atoms with Crippen LogP contribution in [0.5, 0.6) is 5.75 Å². The third-order valence-electron chi connectivity index (χ3n) is 6.79. The zero-order chi connectivity index (χ0) is 27.4. The zero-order valence-corrected chi connectivity index (χ0v) is 23.1. The van der Waals surface area contributed by atoms with Crippen molar-refractivity contribution in [3.05, 3.63) is 52.7 Å². The molecule has 3 heterocycles. The lowest BCUT2D eigenvalue weighted by Gasteiger charge is -2.28. The minimum atomic E-state index is -0.371. The predicted octanol–water partition coefficient (Wildman–Crippen LogP) is 3.06. The van der Waals surface area contributed by atoms with Crippen LogP contribution in [-0.4, -0.2) is 66.1 Å². The maximum atomic E-state index is 13.6. The summed E-state index contributed by atoms with van der Waals surface area (Å²) in [6, 6.07) is 3.35. The second-order valence-corrected chi connectivity index (χ2v) is 10.1. The number of nitrogens with zero attached hydrogens (tertiary/aromatic N) is 4. The summed E-state index contributed by atoms with van der Waals surface area (Å²) < 4.78 is 7.35. The molecule has 0 radical (unpaired) electrons. The van der Waals surface area contributed by atoms with Crippen LogP contribution in [0.25, 0.3) is 11.0 Å². The lowest BCUT2D eigenvalue weighted by atomic mass is 10.1. The Morgan fingerprint density at radius 1 is 1.37 bits per heavy atom. The van der Waals surface area contributed by atoms with Crippen LogP contribution in [0.3, 0.4) is 0 Å². The molecule has 38 heavy (non-hydrogen) atoms. The topological polar surface area (TPSA) is 118 Å². The number of benzene rings is 1. The van der Waals surface area contributed by atoms with Crippen LogP contribution in [0.4, 0.5) is 5.95 Å². The van der Waals surface area contributed by atoms with Crippen LogP contribution in [0.2, 0.25) is 5.02 Å². The van der Waals surface area contributed by atoms with Gasteiger partial charge in [-0.15, -0.1) is 0 Å². The van der Waals surface area contributed by atoms with Gasteiger partial charge < -0.3 is 24.8 Å². The molecule has 4 N–H and O–H groups in total. The minimum absolute atomic E-state index is 0.00775. The normalized spacial score (nSPS) is 20.1. The molecule has 2 aromatic rings. The molecule has 0 bridgehead atoms. The van der Waals surface area contributed by atoms with E-state index in [9.17, 15) is 9.59 Å². The first-order chi connectivity index (χ1) is 18.2. The number of nitrogens with one attached hydrogen (secondary N) is 2. The number of nitrogens with two attached hydrogens (primary N) is 1. The van der Waals surface area contributed by atoms with E-state index in [0.717, 1.165) is 35.5 Å². The van der Waals surface area contributed by atoms with E-state index in [4.69, 9.17) is 27.2 Å². The first-order valence-electron chi connectivity index (χ1n) is 12.8. The number of imidazole rings is 1. The van der Waals surface area contributed by atoms with Crippen molar-refractivity contribution in [1.29, 1.82) is 0 Å². The van der Waals surface area contributed by atoms with Gasteiger partial charge >= 0.3 is 0 Å². The van der Waals surface area contributed by atoms with E-state index >= 15 is 0 Å². The van der Waals surface area contributed by atoms with Gasteiger partial charge in [-0.1, -0.05) is 17.7 Å². The smallest absolute Gasteiger partial charge is 0.274 e. The van der Waals surface area contributed by atoms with Crippen molar-refractivity contribution in [3.63, 3.8) is 0 Å². The Bertz CT molecular complexity index is 1300. The molecule has 10 nitrogen and oxygen atoms in total. The maximum absolute atomic E-state index is 13.6. The number of hydrogen-bond donors (Lipinski definition) is 3. The lowest BCUT2D eigenvalue weighted by Crippen LogP contribution is -2.42. The minimum Gasteiger partial charge on any atom is -0.495 e. The van der Waals surface area contributed by atoms with E-state index in [1.54, 1.807) is 31.4 Å². The van der Waals surface area contributed by atoms with Crippen molar-refractivity contribution < 1.29 is 14.3 Å². The quantitative estimate of drug-likeness (QED) is 0.213. The number of hydrazine groups is 1. The SMILES string of the molecule is CNC/C=C/C(=O)N1CCCC[C@@H](n2c(N(N)C(=O)C3=CC(C)NC(C)=C3)nc3cc(OC)c(Cl)cc32)C1. The van der Waals surface area contributed by atoms with Crippen molar-refractivity contribution in [2.24, 2.45) is 5.84 Å². The van der Waals surface area contributed by atoms with Gasteiger partial charge in [-0.2, -0.15) is 0 Å². The molecule has 4 rings (SSSR count). The Balaban J connectivity index is 1.77. The maximum Gasteiger partial charge on any atom is 0.274 e. The summed E-state index contributed by atoms with van der Waals surface area (Å²) in [5, 5.41) is 7.79. The molecule has 2 amide bonds. The van der Waals surface area contributed by atoms with E-state index in [-0.39, 0.29) is 29.8 Å². The number of allylic oxidation sites excluding steroid dienone is 1. The van der Waals surface area contributed by atoms with E-state index < -0.39 is 0 Å². The highest BCUT2D eigenvalue weighted by atomic mass is 35.5. The Labute approximate surface area is 228 Å². The number of fused-ring (bicyclic) bond motifs is 1. The number of amides is 2. The van der Waals surface area contributed by atoms with E-state index in [1.165, 1.54) is 0 Å². The van der Waals surface area contributed by atoms with Crippen molar-refractivity contribution >= 4 is 40.4 Å². The molecule has 1 saturated heterocycles. The summed E-state index contributed by atoms with van der Waals surface area (Å²) in [7, 11) is 3.37. The Morgan fingerprint density at radius 3 is 2.87 bits per heavy atom. The molecule has 1 aromatic carbocycles. The summed E-state index contributed by atoms with van der Waals surface area (Å²) in [5.74, 6) is 6.85. The summed E-state index contributed by atoms with van der Waals surface area (Å²) in [6.45, 7) is 5.60. The van der Waals surface area contributed by atoms with Crippen molar-refractivity contribution in [2.45, 2.75) is 45.2 Å². The fraction of sp³-hybridized carbons (Fsp3) is 0.444. The summed E-state index contributed by atoms with van der Waals surface area (Å²) in [6.07, 6.45) is 9.61. The van der Waals surface area contributed by atoms with Crippen LogP contribution < -0.4 is 26.2 Å². The van der Waals surface area contributed by atoms with Crippen LogP contribution in [0.15, 0.2) is 47.7 Å². The second-order valence-electron chi connectivity index (χ2n) is 9.71. The molecule has 1 aromatic heterocycles. The molecule has 2 aliphatic rings. The van der Waals surface area contributed by atoms with Gasteiger partial charge in [0.15, 0.2) is 0 Å². The molecule has 204 valence electrons. The first-order valence-corrected chi connectivity index (χ1v) is 13.2. The summed E-state index contributed by atoms with van der Waals surface area (Å²) >= 11 is 6.52. The molecule has 0 saturated carbocycles. The highest BCUT2D eigenvalue weighted by Gasteiger charge is 2.30. The van der Waals surface area contributed by atoms with Gasteiger partial charge in [0.2, 0.25) is 11.9 Å². The molecular weight excluding hydrogens is 506 g/mol. The first kappa shape index (κ1) is 27.7. The number of rotatable bonds is 7. The van der Waals surface area contributed by atoms with Gasteiger partial charge in [0.25, 0.3) is 5.91 Å². The van der Waals surface area contributed by atoms with Crippen LogP contribution >= 0.6 is 11.6 Å². The number of anilines is 1. The number of hydrogen-bond acceptors (Lipinski definition) is 7. The van der Waals surface area contributed by atoms with Gasteiger partial charge in [0.05, 0.1) is 29.2 Å². The molecule has 1 unspecified atom stereocenters. The molecule has 2 atom stereocenters. The summed E-state index contributed by atoms with van der Waals surface area (Å²) in [4.78, 5) is 33.1. The number of likely N-dealkylation sites (N-methyl/N-ethyl adjacent to an activating group) is 1. The number of carbonyl (C=O) groups excluding carboxylic acids is 2. The van der Waals surface area contributed by atoms with Gasteiger partial charge in [-0.3, -0.25) is 9.59 Å². The molecule has 0 spiro atoms. The fourth-order valence-electron chi connectivity index (χ4n) is 5.04. The molecule has 1 fully saturated rings. The van der Waals surface area contributed by atoms with E-state index in [1.807, 2.05) is 42.5 Å². The molecule has 2 aliphatic heterocycles. The largest absolute Gasteiger partial charge is 0.495 e. The molecule has 0 aliphatic carbocycles. The van der Waals surface area contributed by atoms with Crippen molar-refractivity contribution in [3.8, 4) is 5.75 Å². The zero-order valence-electron chi connectivity index (χ0n) is 22.3. The third kappa shape index (κ3) is 5.87. The number of likely N-dealkylation sites (tertiary alicyclic amines) is 1. The Hall–Kier alpha value is -3.34. The van der Waals surface area contributed by atoms with Crippen LogP contribution in [0.1, 0.15) is 39.2 Å². The third-order valence-corrected chi connectivity index (χ3v) is 7.08. The highest BCUT2D eigenvalue weighted by molar-refractivity contribution is 6.32. The summed E-state index contributed by atoms with van der Waals surface area (Å²) in [5.41, 5.74) is 2.68. The Morgan fingerprint density at radius 2 is 2.16 bits per heavy atom. The van der Waals surface area contributed by atoms with Crippen molar-refractivity contribution in [1.82, 2.24) is 25.1 Å². The predicted molar refractivity (Wildman–Crippen MR) is 150 cm³/mol. The number of halogens is 1. The van der Waals surface area contributed by atoms with Gasteiger partial charge in [-0.25, -0.2) is 15.8 Å². The van der Waals surface area contributed by atoms with E-state index in [0.29, 0.717) is 41.5 Å². The van der Waals surface area contributed by atoms with Crippen molar-refractivity contribution in [2.75, 3.05) is 38.8 Å². The van der Waals surface area contributed by atoms with Crippen LogP contribution in [0, 0.1) is 0 Å². The fourth-order valence-corrected chi connectivity index (χ4v) is 5.28. The number of ether oxygens (including phenoxy) is 1. The van der Waals surface area contributed by atoms with E-state index in [2.05, 4.69) is 10.6 Å². The number of aromatic nitrogens is 2. The molecular formula is C27H36ClN7O3. The monoisotopic (exact) mass is 541 g/mol. The Kier molecular flexibility index (Phi) is 8.76. The molecule has 11 heteroatoms. The number of methoxy groups -OCH3 is 1. The lowest BCUT2D eigenvalue weighted by molar-refractivity contribution is -0.126. The van der Waals surface area contributed by atoms with Gasteiger partial charge in [0.1, 0.15) is 5.75 Å². The standard InChI is InChI=1S/C27H36ClN7O3/c1-17-12-19(13-18(2)31-17)26(37)35(29)27-32-22-15-24(38-4)21(28)14-23(22)34(27)20-8-5-6-11-33(16-20)25(36)9-7-10-30-3/h7,9,12-15,17,20,30-31H,5-6,8,10-11,16,29H2,1-4H3/b9-7+/t17?,20-/m1/s1.